The summed E-state index contributed by atoms with van der Waals surface area (Å²) in [5.41, 5.74) is 0.235. The number of aryl methyl sites for hydroxylation is 1. The predicted octanol–water partition coefficient (Wildman–Crippen LogP) is 2.40. The molecule has 102 valence electrons. The van der Waals surface area contributed by atoms with Crippen LogP contribution in [-0.2, 0) is 13.0 Å². The van der Waals surface area contributed by atoms with Crippen molar-refractivity contribution in [1.82, 2.24) is 10.1 Å². The third kappa shape index (κ3) is 3.29. The van der Waals surface area contributed by atoms with E-state index in [-0.39, 0.29) is 12.2 Å². The average Bonchev–Trinajstić information content (AvgIpc) is 2.84. The number of aliphatic hydroxyl groups excluding tert-OH is 1. The van der Waals surface area contributed by atoms with Gasteiger partial charge >= 0.3 is 0 Å². The minimum Gasteiger partial charge on any atom is -0.484 e. The molecular formula is C13H15FN2O3. The van der Waals surface area contributed by atoms with Gasteiger partial charge in [0.15, 0.2) is 12.4 Å². The molecule has 6 heteroatoms. The van der Waals surface area contributed by atoms with Crippen LogP contribution in [0.5, 0.6) is 5.75 Å². The van der Waals surface area contributed by atoms with Crippen LogP contribution in [0.2, 0.25) is 0 Å². The number of aromatic nitrogens is 2. The van der Waals surface area contributed by atoms with Crippen LogP contribution >= 0.6 is 0 Å². The van der Waals surface area contributed by atoms with Gasteiger partial charge in [-0.2, -0.15) is 4.98 Å². The summed E-state index contributed by atoms with van der Waals surface area (Å²) in [5, 5.41) is 13.0. The largest absolute Gasteiger partial charge is 0.484 e. The van der Waals surface area contributed by atoms with Gasteiger partial charge in [0.05, 0.1) is 6.10 Å². The summed E-state index contributed by atoms with van der Waals surface area (Å²) in [4.78, 5) is 4.08. The molecule has 0 radical (unpaired) electrons. The Hall–Kier alpha value is -1.95. The van der Waals surface area contributed by atoms with Crippen molar-refractivity contribution in [1.29, 1.82) is 0 Å². The maximum atomic E-state index is 13.6. The monoisotopic (exact) mass is 266 g/mol. The summed E-state index contributed by atoms with van der Waals surface area (Å²) < 4.78 is 23.9. The summed E-state index contributed by atoms with van der Waals surface area (Å²) in [7, 11) is 0. The number of halogens is 1. The second-order valence-electron chi connectivity index (χ2n) is 4.11. The lowest BCUT2D eigenvalue weighted by atomic mass is 10.1. The molecule has 2 rings (SSSR count). The molecule has 1 heterocycles. The van der Waals surface area contributed by atoms with Crippen LogP contribution in [0.3, 0.4) is 0 Å². The molecule has 0 aliphatic rings. The van der Waals surface area contributed by atoms with E-state index in [0.29, 0.717) is 23.9 Å². The molecule has 1 atom stereocenters. The first kappa shape index (κ1) is 13.5. The van der Waals surface area contributed by atoms with Crippen molar-refractivity contribution in [3.63, 3.8) is 0 Å². The van der Waals surface area contributed by atoms with Crippen LogP contribution in [0.15, 0.2) is 22.7 Å². The minimum atomic E-state index is -0.850. The van der Waals surface area contributed by atoms with E-state index in [9.17, 15) is 9.50 Å². The summed E-state index contributed by atoms with van der Waals surface area (Å²) in [6, 6.07) is 4.29. The fourth-order valence-electron chi connectivity index (χ4n) is 1.57. The number of hydrogen-bond acceptors (Lipinski definition) is 5. The quantitative estimate of drug-likeness (QED) is 0.900. The van der Waals surface area contributed by atoms with Crippen molar-refractivity contribution >= 4 is 0 Å². The van der Waals surface area contributed by atoms with Gasteiger partial charge in [-0.3, -0.25) is 0 Å². The number of nitrogens with zero attached hydrogens (tertiary/aromatic N) is 2. The third-order valence-electron chi connectivity index (χ3n) is 2.61. The van der Waals surface area contributed by atoms with Crippen LogP contribution in [0.1, 0.15) is 37.2 Å². The van der Waals surface area contributed by atoms with Gasteiger partial charge in [0, 0.05) is 18.1 Å². The van der Waals surface area contributed by atoms with Crippen molar-refractivity contribution < 1.29 is 18.8 Å². The van der Waals surface area contributed by atoms with E-state index in [1.165, 1.54) is 19.1 Å². The Kier molecular flexibility index (Phi) is 4.11. The lowest BCUT2D eigenvalue weighted by molar-refractivity contribution is 0.193. The molecule has 0 bridgehead atoms. The van der Waals surface area contributed by atoms with Gasteiger partial charge in [-0.25, -0.2) is 4.39 Å². The molecule has 0 amide bonds. The first-order valence-electron chi connectivity index (χ1n) is 6.02. The van der Waals surface area contributed by atoms with E-state index >= 15 is 0 Å². The molecule has 19 heavy (non-hydrogen) atoms. The smallest absolute Gasteiger partial charge is 0.264 e. The van der Waals surface area contributed by atoms with Gasteiger partial charge in [-0.15, -0.1) is 0 Å². The number of rotatable bonds is 5. The van der Waals surface area contributed by atoms with E-state index in [1.54, 1.807) is 6.07 Å². The van der Waals surface area contributed by atoms with Crippen molar-refractivity contribution in [2.24, 2.45) is 0 Å². The normalized spacial score (nSPS) is 12.4. The zero-order valence-electron chi connectivity index (χ0n) is 10.8. The van der Waals surface area contributed by atoms with E-state index in [4.69, 9.17) is 9.26 Å². The van der Waals surface area contributed by atoms with Crippen LogP contribution in [0, 0.1) is 5.82 Å². The average molecular weight is 266 g/mol. The summed E-state index contributed by atoms with van der Waals surface area (Å²) in [6.45, 7) is 3.50. The second-order valence-corrected chi connectivity index (χ2v) is 4.11. The molecule has 1 aromatic carbocycles. The van der Waals surface area contributed by atoms with Crippen LogP contribution in [0.4, 0.5) is 4.39 Å². The zero-order chi connectivity index (χ0) is 13.8. The number of ether oxygens (including phenoxy) is 1. The number of hydrogen-bond donors (Lipinski definition) is 1. The first-order chi connectivity index (χ1) is 9.10. The van der Waals surface area contributed by atoms with Gasteiger partial charge < -0.3 is 14.4 Å². The first-order valence-corrected chi connectivity index (χ1v) is 6.02. The molecule has 0 saturated carbocycles. The Bertz CT molecular complexity index is 555. The lowest BCUT2D eigenvalue weighted by Crippen LogP contribution is -1.99. The number of benzene rings is 1. The molecule has 1 N–H and O–H groups in total. The zero-order valence-corrected chi connectivity index (χ0v) is 10.8. The molecule has 0 aliphatic carbocycles. The lowest BCUT2D eigenvalue weighted by Gasteiger charge is -2.08. The topological polar surface area (TPSA) is 68.4 Å². The fourth-order valence-corrected chi connectivity index (χ4v) is 1.57. The summed E-state index contributed by atoms with van der Waals surface area (Å²) >= 11 is 0. The molecule has 1 aromatic heterocycles. The minimum absolute atomic E-state index is 0.0838. The Morgan fingerprint density at radius 1 is 1.47 bits per heavy atom. The Labute approximate surface area is 110 Å². The van der Waals surface area contributed by atoms with Crippen molar-refractivity contribution in [3.8, 4) is 5.75 Å². The third-order valence-corrected chi connectivity index (χ3v) is 2.61. The van der Waals surface area contributed by atoms with Crippen molar-refractivity contribution in [3.05, 3.63) is 41.3 Å². The van der Waals surface area contributed by atoms with Gasteiger partial charge in [0.25, 0.3) is 5.89 Å². The highest BCUT2D eigenvalue weighted by Gasteiger charge is 2.10. The van der Waals surface area contributed by atoms with E-state index in [1.807, 2.05) is 6.92 Å². The molecule has 5 nitrogen and oxygen atoms in total. The molecule has 0 fully saturated rings. The standard InChI is InChI=1S/C13H15FN2O3/c1-3-12-15-13(19-16-12)7-18-9-4-5-10(8(2)17)11(14)6-9/h4-6,8,17H,3,7H2,1-2H3. The van der Waals surface area contributed by atoms with Crippen molar-refractivity contribution in [2.45, 2.75) is 33.0 Å². The number of aliphatic hydroxyl groups is 1. The molecule has 2 aromatic rings. The SMILES string of the molecule is CCc1noc(COc2ccc(C(C)O)c(F)c2)n1. The predicted molar refractivity (Wildman–Crippen MR) is 65.0 cm³/mol. The highest BCUT2D eigenvalue weighted by Crippen LogP contribution is 2.22. The molecule has 1 unspecified atom stereocenters. The van der Waals surface area contributed by atoms with Gasteiger partial charge in [-0.05, 0) is 19.1 Å². The Balaban J connectivity index is 2.01. The van der Waals surface area contributed by atoms with E-state index < -0.39 is 11.9 Å². The van der Waals surface area contributed by atoms with Crippen LogP contribution in [0.25, 0.3) is 0 Å². The highest BCUT2D eigenvalue weighted by atomic mass is 19.1. The maximum Gasteiger partial charge on any atom is 0.264 e. The van der Waals surface area contributed by atoms with Crippen LogP contribution in [-0.4, -0.2) is 15.2 Å². The van der Waals surface area contributed by atoms with E-state index in [0.717, 1.165) is 0 Å². The molecular weight excluding hydrogens is 251 g/mol. The van der Waals surface area contributed by atoms with Crippen molar-refractivity contribution in [2.75, 3.05) is 0 Å². The summed E-state index contributed by atoms with van der Waals surface area (Å²) in [5.74, 6) is 0.788. The molecule has 0 spiro atoms. The van der Waals surface area contributed by atoms with Gasteiger partial charge in [0.1, 0.15) is 11.6 Å². The van der Waals surface area contributed by atoms with Gasteiger partial charge in [-0.1, -0.05) is 12.1 Å². The maximum absolute atomic E-state index is 13.6. The van der Waals surface area contributed by atoms with Gasteiger partial charge in [0.2, 0.25) is 0 Å². The van der Waals surface area contributed by atoms with E-state index in [2.05, 4.69) is 10.1 Å². The molecule has 0 saturated heterocycles. The second kappa shape index (κ2) is 5.79. The Morgan fingerprint density at radius 2 is 2.26 bits per heavy atom. The van der Waals surface area contributed by atoms with Crippen LogP contribution < -0.4 is 4.74 Å². The molecule has 0 aliphatic heterocycles. The summed E-state index contributed by atoms with van der Waals surface area (Å²) in [6.07, 6.45) is -0.168. The Morgan fingerprint density at radius 3 is 2.84 bits per heavy atom. The fraction of sp³-hybridized carbons (Fsp3) is 0.385. The highest BCUT2D eigenvalue weighted by molar-refractivity contribution is 5.30.